The minimum absolute atomic E-state index is 0. The first-order chi connectivity index (χ1) is 26.3. The second-order valence-electron chi connectivity index (χ2n) is 11.4. The van der Waals surface area contributed by atoms with Crippen molar-refractivity contribution in [3.63, 3.8) is 0 Å². The zero-order chi connectivity index (χ0) is 40.2. The summed E-state index contributed by atoms with van der Waals surface area (Å²) in [5.41, 5.74) is 6.45. The fourth-order valence-corrected chi connectivity index (χ4v) is 5.59. The van der Waals surface area contributed by atoms with Gasteiger partial charge in [0.05, 0.1) is 0 Å². The molecule has 9 rings (SSSR count). The maximum atomic E-state index is 9.52. The third-order valence-electron chi connectivity index (χ3n) is 7.95. The Morgan fingerprint density at radius 2 is 0.579 bits per heavy atom. The van der Waals surface area contributed by atoms with E-state index in [4.69, 9.17) is 29.9 Å². The average molecular weight is 932 g/mol. The minimum atomic E-state index is -5.35. The number of benzene rings is 4. The summed E-state index contributed by atoms with van der Waals surface area (Å²) in [5, 5.41) is 3.82. The molecule has 5 heterocycles. The number of nitrogens with one attached hydrogen (secondary N) is 2. The van der Waals surface area contributed by atoms with Gasteiger partial charge in [-0.05, 0) is 0 Å². The largest absolute Gasteiger partial charge is 2.00 e. The van der Waals surface area contributed by atoms with Gasteiger partial charge in [0.1, 0.15) is 22.6 Å². The minimum Gasteiger partial charge on any atom is -0.735 e. The standard InChI is InChI=1S/C32H18N8.2ClHO5S2.Ni/c1-2-10-18-17(9-1)25-33-26(18)38-28-21-13-5-6-14-22(21)30(35-28)40-32-24-16-8-7-15-23(24)31(36-32)39-29-20-12-4-3-11-19(20)27(34-29)37-25;2*1-7(2,3)8(4,5)6;/h1-16H,(H2,33,34,35,36,37,38,39,40);2*(H,4,5,6);/q;;;+2/p-2. The number of rotatable bonds is 2. The van der Waals surface area contributed by atoms with E-state index in [0.29, 0.717) is 45.9 Å². The van der Waals surface area contributed by atoms with Gasteiger partial charge in [0, 0.05) is 65.2 Å². The predicted octanol–water partition coefficient (Wildman–Crippen LogP) is 4.90. The van der Waals surface area contributed by atoms with E-state index in [-0.39, 0.29) is 16.5 Å². The first-order valence-corrected chi connectivity index (χ1v) is 23.8. The molecular weight excluding hydrogens is 914 g/mol. The Morgan fingerprint density at radius 1 is 0.386 bits per heavy atom. The van der Waals surface area contributed by atoms with E-state index >= 15 is 0 Å². The molecular formula is C32H18Cl2N8NiO10S4. The number of aromatic amines is 2. The third-order valence-corrected chi connectivity index (χ3v) is 14.6. The van der Waals surface area contributed by atoms with Gasteiger partial charge < -0.3 is 19.1 Å². The average Bonchev–Trinajstić information content (AvgIpc) is 3.86. The molecule has 0 spiro atoms. The number of hydrogen-bond donors (Lipinski definition) is 2. The maximum Gasteiger partial charge on any atom is 2.00 e. The van der Waals surface area contributed by atoms with Gasteiger partial charge >= 0.3 is 32.7 Å². The van der Waals surface area contributed by atoms with Crippen LogP contribution < -0.4 is 0 Å². The summed E-state index contributed by atoms with van der Waals surface area (Å²) in [5.74, 6) is 2.39. The summed E-state index contributed by atoms with van der Waals surface area (Å²) >= 11 is 0. The summed E-state index contributed by atoms with van der Waals surface area (Å²) in [6.45, 7) is 0. The third kappa shape index (κ3) is 8.38. The Labute approximate surface area is 339 Å². The summed E-state index contributed by atoms with van der Waals surface area (Å²) in [6, 6.07) is 32.2. The van der Waals surface area contributed by atoms with Crippen LogP contribution in [0.15, 0.2) is 97.1 Å². The van der Waals surface area contributed by atoms with Crippen molar-refractivity contribution in [2.75, 3.05) is 0 Å². The van der Waals surface area contributed by atoms with Gasteiger partial charge in [-0.25, -0.2) is 46.7 Å². The van der Waals surface area contributed by atoms with Gasteiger partial charge in [0.2, 0.25) is 18.3 Å². The number of nitrogens with zero attached hydrogens (tertiary/aromatic N) is 6. The molecule has 2 N–H and O–H groups in total. The molecule has 0 saturated carbocycles. The molecule has 57 heavy (non-hydrogen) atoms. The van der Waals surface area contributed by atoms with Gasteiger partial charge in [-0.2, -0.15) is 16.8 Å². The van der Waals surface area contributed by atoms with Crippen molar-refractivity contribution in [1.29, 1.82) is 0 Å². The van der Waals surface area contributed by atoms with E-state index in [2.05, 4.69) is 31.3 Å². The molecule has 0 aliphatic carbocycles. The summed E-state index contributed by atoms with van der Waals surface area (Å²) < 4.78 is 94.3. The van der Waals surface area contributed by atoms with Crippen molar-refractivity contribution >= 4 is 100.0 Å². The number of halogens is 2. The van der Waals surface area contributed by atoms with Crippen molar-refractivity contribution in [1.82, 2.24) is 39.9 Å². The van der Waals surface area contributed by atoms with Gasteiger partial charge in [0.15, 0.2) is 23.3 Å². The molecule has 18 nitrogen and oxygen atoms in total. The fraction of sp³-hybridized carbons (Fsp3) is 0. The van der Waals surface area contributed by atoms with Crippen molar-refractivity contribution in [2.45, 2.75) is 0 Å². The molecule has 0 radical (unpaired) electrons. The first-order valence-electron chi connectivity index (χ1n) is 15.3. The zero-order valence-electron chi connectivity index (χ0n) is 27.7. The SMILES string of the molecule is O=S(=O)([O-])S(=O)(=O)Cl.O=S(=O)([O-])S(=O)(=O)Cl.[Ni+2].c1ccc2c(c1)-c1nc-2nc2[nH]c(nc3nc(nc4[nH]c(n1)c1ccccc41)-c1ccccc1-3)c1ccccc21. The molecule has 0 amide bonds. The van der Waals surface area contributed by atoms with Gasteiger partial charge in [-0.3, -0.25) is 0 Å². The maximum absolute atomic E-state index is 9.52. The second-order valence-corrected chi connectivity index (χ2v) is 23.2. The number of aromatic nitrogens is 8. The number of fused-ring (bicyclic) bond motifs is 20. The fourth-order valence-electron chi connectivity index (χ4n) is 5.59. The van der Waals surface area contributed by atoms with E-state index in [1.807, 2.05) is 97.1 Å². The van der Waals surface area contributed by atoms with Crippen LogP contribution in [0.2, 0.25) is 0 Å². The molecule has 0 fully saturated rings. The summed E-state index contributed by atoms with van der Waals surface area (Å²) in [7, 11) is -12.4. The van der Waals surface area contributed by atoms with Crippen LogP contribution in [-0.2, 0) is 51.0 Å². The van der Waals surface area contributed by atoms with Gasteiger partial charge in [0.25, 0.3) is 0 Å². The van der Waals surface area contributed by atoms with Gasteiger partial charge in [-0.1, -0.05) is 97.1 Å². The van der Waals surface area contributed by atoms with Crippen LogP contribution in [0.5, 0.6) is 0 Å². The molecule has 2 aliphatic heterocycles. The van der Waals surface area contributed by atoms with Crippen LogP contribution in [0.3, 0.4) is 0 Å². The van der Waals surface area contributed by atoms with Crippen molar-refractivity contribution in [2.24, 2.45) is 0 Å². The van der Waals surface area contributed by atoms with Crippen LogP contribution in [-0.4, -0.2) is 82.6 Å². The quantitative estimate of drug-likeness (QED) is 0.101. The molecule has 4 aromatic carbocycles. The molecule has 0 unspecified atom stereocenters. The Kier molecular flexibility index (Phi) is 11.3. The molecule has 294 valence electrons. The van der Waals surface area contributed by atoms with Crippen molar-refractivity contribution in [3.05, 3.63) is 97.1 Å². The molecule has 25 heteroatoms. The topological polar surface area (TPSA) is 292 Å². The normalized spacial score (nSPS) is 12.3. The molecule has 3 aromatic heterocycles. The van der Waals surface area contributed by atoms with Crippen LogP contribution >= 0.6 is 21.4 Å². The molecule has 8 bridgehead atoms. The molecule has 7 aromatic rings. The van der Waals surface area contributed by atoms with Crippen LogP contribution in [0.4, 0.5) is 0 Å². The van der Waals surface area contributed by atoms with Crippen molar-refractivity contribution < 1.29 is 59.3 Å². The molecule has 2 aliphatic rings. The van der Waals surface area contributed by atoms with E-state index < -0.39 is 34.5 Å². The Morgan fingerprint density at radius 3 is 0.772 bits per heavy atom. The Hall–Kier alpha value is -4.97. The van der Waals surface area contributed by atoms with E-state index in [1.165, 1.54) is 0 Å². The Bertz CT molecular complexity index is 2970. The van der Waals surface area contributed by atoms with Crippen LogP contribution in [0.25, 0.3) is 89.7 Å². The Balaban J connectivity index is 0.000000275. The molecule has 0 saturated heterocycles. The van der Waals surface area contributed by atoms with Crippen molar-refractivity contribution in [3.8, 4) is 45.6 Å². The van der Waals surface area contributed by atoms with E-state index in [0.717, 1.165) is 43.8 Å². The van der Waals surface area contributed by atoms with Crippen LogP contribution in [0, 0.1) is 0 Å². The van der Waals surface area contributed by atoms with Gasteiger partial charge in [-0.15, -0.1) is 0 Å². The summed E-state index contributed by atoms with van der Waals surface area (Å²) in [4.78, 5) is 36.8. The monoisotopic (exact) mass is 930 g/mol. The number of H-pyrrole nitrogens is 2. The zero-order valence-corrected chi connectivity index (χ0v) is 33.5. The smallest absolute Gasteiger partial charge is 0.735 e. The van der Waals surface area contributed by atoms with Crippen LogP contribution in [0.1, 0.15) is 0 Å². The second kappa shape index (κ2) is 15.4. The molecule has 0 atom stereocenters. The van der Waals surface area contributed by atoms with E-state index in [1.54, 1.807) is 0 Å². The summed E-state index contributed by atoms with van der Waals surface area (Å²) in [6.07, 6.45) is 0. The van der Waals surface area contributed by atoms with E-state index in [9.17, 15) is 42.8 Å². The first kappa shape index (κ1) is 41.7. The predicted molar refractivity (Wildman–Crippen MR) is 205 cm³/mol. The number of hydrogen-bond acceptors (Lipinski definition) is 16.